The first-order chi connectivity index (χ1) is 8.38. The second-order valence-electron chi connectivity index (χ2n) is 3.69. The molecule has 0 aliphatic carbocycles. The maximum Gasteiger partial charge on any atom is 0.324 e. The van der Waals surface area contributed by atoms with Crippen LogP contribution in [0, 0.1) is 10.1 Å². The van der Waals surface area contributed by atoms with Gasteiger partial charge in [-0.1, -0.05) is 11.3 Å². The van der Waals surface area contributed by atoms with Crippen LogP contribution in [0.3, 0.4) is 0 Å². The summed E-state index contributed by atoms with van der Waals surface area (Å²) in [6, 6.07) is 3.19. The van der Waals surface area contributed by atoms with Crippen LogP contribution < -0.4 is 10.0 Å². The Labute approximate surface area is 109 Å². The summed E-state index contributed by atoms with van der Waals surface area (Å²) in [5, 5.41) is 13.7. The normalized spacial score (nSPS) is 11.6. The fourth-order valence-electron chi connectivity index (χ4n) is 1.24. The number of sulfonamides is 1. The van der Waals surface area contributed by atoms with Gasteiger partial charge in [0.1, 0.15) is 0 Å². The van der Waals surface area contributed by atoms with Crippen LogP contribution >= 0.6 is 11.3 Å². The van der Waals surface area contributed by atoms with E-state index in [2.05, 4.69) is 10.0 Å². The highest BCUT2D eigenvalue weighted by atomic mass is 32.2. The Morgan fingerprint density at radius 1 is 1.39 bits per heavy atom. The second kappa shape index (κ2) is 6.78. The number of nitrogens with one attached hydrogen (secondary N) is 2. The third-order valence-electron chi connectivity index (χ3n) is 2.02. The van der Waals surface area contributed by atoms with E-state index in [1.807, 2.05) is 0 Å². The fraction of sp³-hybridized carbons (Fsp3) is 0.556. The van der Waals surface area contributed by atoms with Gasteiger partial charge in [-0.25, -0.2) is 13.1 Å². The Balaban J connectivity index is 2.16. The number of nitro groups is 1. The number of hydrogen-bond donors (Lipinski definition) is 2. The van der Waals surface area contributed by atoms with Crippen LogP contribution in [-0.4, -0.2) is 32.7 Å². The third kappa shape index (κ3) is 6.05. The van der Waals surface area contributed by atoms with Gasteiger partial charge in [0.2, 0.25) is 10.0 Å². The molecule has 0 unspecified atom stereocenters. The summed E-state index contributed by atoms with van der Waals surface area (Å²) in [6.45, 7) is 1.59. The lowest BCUT2D eigenvalue weighted by atomic mass is 10.4. The summed E-state index contributed by atoms with van der Waals surface area (Å²) < 4.78 is 23.9. The van der Waals surface area contributed by atoms with Crippen molar-refractivity contribution in [2.45, 2.75) is 13.0 Å². The van der Waals surface area contributed by atoms with E-state index in [4.69, 9.17) is 0 Å². The quantitative estimate of drug-likeness (QED) is 0.417. The highest BCUT2D eigenvalue weighted by Gasteiger charge is 2.08. The van der Waals surface area contributed by atoms with Crippen LogP contribution in [0.1, 0.15) is 11.3 Å². The van der Waals surface area contributed by atoms with Gasteiger partial charge in [0.15, 0.2) is 0 Å². The molecule has 1 aromatic heterocycles. The van der Waals surface area contributed by atoms with E-state index in [1.54, 1.807) is 6.07 Å². The molecule has 0 spiro atoms. The van der Waals surface area contributed by atoms with Crippen LogP contribution in [-0.2, 0) is 16.6 Å². The highest BCUT2D eigenvalue weighted by molar-refractivity contribution is 7.88. The molecule has 1 heterocycles. The van der Waals surface area contributed by atoms with Gasteiger partial charge in [0, 0.05) is 24.0 Å². The van der Waals surface area contributed by atoms with E-state index < -0.39 is 14.9 Å². The van der Waals surface area contributed by atoms with E-state index in [1.165, 1.54) is 6.07 Å². The zero-order valence-electron chi connectivity index (χ0n) is 9.88. The number of nitrogens with zero attached hydrogens (tertiary/aromatic N) is 1. The predicted octanol–water partition coefficient (Wildman–Crippen LogP) is 0.685. The first kappa shape index (κ1) is 15.0. The molecule has 0 saturated heterocycles. The molecule has 1 aromatic rings. The molecule has 0 aromatic carbocycles. The average Bonchev–Trinajstić information content (AvgIpc) is 2.70. The summed E-state index contributed by atoms with van der Waals surface area (Å²) in [4.78, 5) is 10.9. The topological polar surface area (TPSA) is 101 Å². The molecule has 0 aliphatic rings. The van der Waals surface area contributed by atoms with Crippen LogP contribution in [0.2, 0.25) is 0 Å². The molecule has 0 aliphatic heterocycles. The van der Waals surface area contributed by atoms with Crippen molar-refractivity contribution in [2.24, 2.45) is 0 Å². The minimum atomic E-state index is -3.12. The van der Waals surface area contributed by atoms with E-state index in [-0.39, 0.29) is 5.00 Å². The van der Waals surface area contributed by atoms with Crippen LogP contribution in [0.4, 0.5) is 5.00 Å². The van der Waals surface area contributed by atoms with Gasteiger partial charge in [-0.15, -0.1) is 0 Å². The summed E-state index contributed by atoms with van der Waals surface area (Å²) in [6.07, 6.45) is 1.78. The lowest BCUT2D eigenvalue weighted by Gasteiger charge is -2.03. The number of hydrogen-bond acceptors (Lipinski definition) is 6. The Bertz CT molecular complexity index is 498. The van der Waals surface area contributed by atoms with Crippen molar-refractivity contribution in [3.63, 3.8) is 0 Å². The van der Waals surface area contributed by atoms with Crippen LogP contribution in [0.15, 0.2) is 12.1 Å². The Morgan fingerprint density at radius 2 is 2.11 bits per heavy atom. The molecule has 0 amide bonds. The van der Waals surface area contributed by atoms with Gasteiger partial charge in [-0.05, 0) is 19.0 Å². The van der Waals surface area contributed by atoms with Gasteiger partial charge < -0.3 is 5.32 Å². The average molecular weight is 293 g/mol. The molecule has 102 valence electrons. The zero-order valence-corrected chi connectivity index (χ0v) is 11.5. The summed E-state index contributed by atoms with van der Waals surface area (Å²) >= 11 is 1.14. The predicted molar refractivity (Wildman–Crippen MR) is 70.1 cm³/mol. The molecule has 0 bridgehead atoms. The summed E-state index contributed by atoms with van der Waals surface area (Å²) in [7, 11) is -3.12. The lowest BCUT2D eigenvalue weighted by molar-refractivity contribution is -0.380. The zero-order chi connectivity index (χ0) is 13.6. The standard InChI is InChI=1S/C9H15N3O4S2/c1-18(15,16)11-6-2-5-10-7-8-3-4-9(17-8)12(13)14/h3-4,10-11H,2,5-7H2,1H3. The fourth-order valence-corrected chi connectivity index (χ4v) is 2.55. The monoisotopic (exact) mass is 293 g/mol. The Morgan fingerprint density at radius 3 is 2.67 bits per heavy atom. The summed E-state index contributed by atoms with van der Waals surface area (Å²) in [5.74, 6) is 0. The van der Waals surface area contributed by atoms with Gasteiger partial charge in [-0.2, -0.15) is 0 Å². The Kier molecular flexibility index (Phi) is 5.66. The summed E-state index contributed by atoms with van der Waals surface area (Å²) in [5.41, 5.74) is 0. The first-order valence-electron chi connectivity index (χ1n) is 5.27. The van der Waals surface area contributed by atoms with Crippen molar-refractivity contribution < 1.29 is 13.3 Å². The maximum absolute atomic E-state index is 10.8. The smallest absolute Gasteiger partial charge is 0.312 e. The van der Waals surface area contributed by atoms with Gasteiger partial charge in [0.05, 0.1) is 11.2 Å². The van der Waals surface area contributed by atoms with E-state index in [0.29, 0.717) is 26.1 Å². The maximum atomic E-state index is 10.8. The SMILES string of the molecule is CS(=O)(=O)NCCCNCc1ccc([N+](=O)[O-])s1. The molecule has 1 rings (SSSR count). The van der Waals surface area contributed by atoms with Crippen molar-refractivity contribution in [1.29, 1.82) is 0 Å². The Hall–Kier alpha value is -1.03. The first-order valence-corrected chi connectivity index (χ1v) is 7.98. The molecule has 0 radical (unpaired) electrons. The van der Waals surface area contributed by atoms with E-state index >= 15 is 0 Å². The van der Waals surface area contributed by atoms with Gasteiger partial charge >= 0.3 is 5.00 Å². The van der Waals surface area contributed by atoms with E-state index in [9.17, 15) is 18.5 Å². The molecule has 0 atom stereocenters. The molecule has 0 saturated carbocycles. The molecule has 9 heteroatoms. The number of rotatable bonds is 8. The van der Waals surface area contributed by atoms with Gasteiger partial charge in [-0.3, -0.25) is 10.1 Å². The van der Waals surface area contributed by atoms with Crippen molar-refractivity contribution >= 4 is 26.4 Å². The van der Waals surface area contributed by atoms with Crippen molar-refractivity contribution in [1.82, 2.24) is 10.0 Å². The largest absolute Gasteiger partial charge is 0.324 e. The third-order valence-corrected chi connectivity index (χ3v) is 3.79. The molecule has 0 fully saturated rings. The van der Waals surface area contributed by atoms with Crippen LogP contribution in [0.25, 0.3) is 0 Å². The molecular formula is C9H15N3O4S2. The van der Waals surface area contributed by atoms with Crippen molar-refractivity contribution in [3.8, 4) is 0 Å². The minimum Gasteiger partial charge on any atom is -0.312 e. The van der Waals surface area contributed by atoms with Crippen LogP contribution in [0.5, 0.6) is 0 Å². The molecule has 18 heavy (non-hydrogen) atoms. The second-order valence-corrected chi connectivity index (χ2v) is 6.67. The lowest BCUT2D eigenvalue weighted by Crippen LogP contribution is -2.26. The van der Waals surface area contributed by atoms with Gasteiger partial charge in [0.25, 0.3) is 0 Å². The molecule has 7 nitrogen and oxygen atoms in total. The number of thiophene rings is 1. The van der Waals surface area contributed by atoms with Crippen molar-refractivity contribution in [2.75, 3.05) is 19.3 Å². The molecule has 2 N–H and O–H groups in total. The minimum absolute atomic E-state index is 0.130. The molecular weight excluding hydrogens is 278 g/mol. The highest BCUT2D eigenvalue weighted by Crippen LogP contribution is 2.23. The van der Waals surface area contributed by atoms with E-state index in [0.717, 1.165) is 22.5 Å². The van der Waals surface area contributed by atoms with Crippen molar-refractivity contribution in [3.05, 3.63) is 27.1 Å².